The molecule has 1 saturated heterocycles. The van der Waals surface area contributed by atoms with Crippen LogP contribution in [0.1, 0.15) is 11.3 Å². The van der Waals surface area contributed by atoms with Gasteiger partial charge in [-0.25, -0.2) is 13.8 Å². The molecule has 4 rings (SSSR count). The van der Waals surface area contributed by atoms with E-state index in [1.54, 1.807) is 34.7 Å². The van der Waals surface area contributed by atoms with Crippen molar-refractivity contribution in [1.82, 2.24) is 19.6 Å². The summed E-state index contributed by atoms with van der Waals surface area (Å²) in [5.74, 6) is -1.00. The van der Waals surface area contributed by atoms with Gasteiger partial charge in [0.2, 0.25) is 0 Å². The minimum absolute atomic E-state index is 0.0735. The monoisotopic (exact) mass is 385 g/mol. The molecule has 7 nitrogen and oxygen atoms in total. The lowest BCUT2D eigenvalue weighted by Crippen LogP contribution is -2.46. The number of halogens is 2. The first-order valence-corrected chi connectivity index (χ1v) is 8.98. The SMILES string of the molecule is Cc1cn2cc(Nc3cc(N)c(C(=N)N4CCNCC4)c(F)c3)cc(F)c2n1. The Hall–Kier alpha value is -3.20. The lowest BCUT2D eigenvalue weighted by atomic mass is 10.1. The number of imidazole rings is 1. The molecule has 3 aromatic rings. The van der Waals surface area contributed by atoms with Crippen LogP contribution < -0.4 is 16.4 Å². The standard InChI is InChI=1S/C19H21F2N7/c1-11-9-28-10-13(7-15(21)19(28)25-11)26-12-6-14(20)17(16(22)8-12)18(23)27-4-2-24-3-5-27/h6-10,23-24,26H,2-5,22H2,1H3. The fourth-order valence-electron chi connectivity index (χ4n) is 3.41. The van der Waals surface area contributed by atoms with Crippen molar-refractivity contribution in [2.75, 3.05) is 37.2 Å². The van der Waals surface area contributed by atoms with E-state index in [0.29, 0.717) is 30.2 Å². The van der Waals surface area contributed by atoms with Crippen LogP contribution in [0, 0.1) is 24.0 Å². The van der Waals surface area contributed by atoms with Crippen LogP contribution in [-0.2, 0) is 0 Å². The molecule has 0 aliphatic carbocycles. The highest BCUT2D eigenvalue weighted by Crippen LogP contribution is 2.27. The zero-order valence-corrected chi connectivity index (χ0v) is 15.4. The Morgan fingerprint density at radius 2 is 1.86 bits per heavy atom. The van der Waals surface area contributed by atoms with Crippen LogP contribution in [0.2, 0.25) is 0 Å². The molecule has 0 bridgehead atoms. The second-order valence-corrected chi connectivity index (χ2v) is 6.82. The van der Waals surface area contributed by atoms with Crippen molar-refractivity contribution >= 4 is 28.5 Å². The van der Waals surface area contributed by atoms with Crippen LogP contribution in [0.25, 0.3) is 5.65 Å². The van der Waals surface area contributed by atoms with Gasteiger partial charge in [0.05, 0.1) is 16.9 Å². The van der Waals surface area contributed by atoms with Crippen molar-refractivity contribution in [2.24, 2.45) is 0 Å². The number of nitrogens with one attached hydrogen (secondary N) is 3. The normalized spacial score (nSPS) is 14.5. The van der Waals surface area contributed by atoms with Gasteiger partial charge in [-0.1, -0.05) is 0 Å². The Morgan fingerprint density at radius 1 is 1.14 bits per heavy atom. The number of pyridine rings is 1. The summed E-state index contributed by atoms with van der Waals surface area (Å²) in [6.07, 6.45) is 3.37. The van der Waals surface area contributed by atoms with E-state index < -0.39 is 11.6 Å². The van der Waals surface area contributed by atoms with Gasteiger partial charge in [-0.15, -0.1) is 0 Å². The molecule has 0 atom stereocenters. The van der Waals surface area contributed by atoms with E-state index in [2.05, 4.69) is 15.6 Å². The average molecular weight is 385 g/mol. The third-order valence-corrected chi connectivity index (χ3v) is 4.71. The summed E-state index contributed by atoms with van der Waals surface area (Å²) in [4.78, 5) is 5.91. The zero-order valence-electron chi connectivity index (χ0n) is 15.4. The third kappa shape index (κ3) is 3.36. The van der Waals surface area contributed by atoms with Crippen LogP contribution in [0.5, 0.6) is 0 Å². The fraction of sp³-hybridized carbons (Fsp3) is 0.263. The molecule has 1 fully saturated rings. The van der Waals surface area contributed by atoms with Gasteiger partial charge >= 0.3 is 0 Å². The van der Waals surface area contributed by atoms with E-state index in [9.17, 15) is 8.78 Å². The Bertz CT molecular complexity index is 1030. The number of aryl methyl sites for hydroxylation is 1. The summed E-state index contributed by atoms with van der Waals surface area (Å²) in [5, 5.41) is 14.5. The maximum Gasteiger partial charge on any atom is 0.173 e. The minimum atomic E-state index is -0.592. The number of fused-ring (bicyclic) bond motifs is 1. The number of nitrogens with zero attached hydrogens (tertiary/aromatic N) is 3. The molecule has 2 aromatic heterocycles. The number of nitrogens with two attached hydrogens (primary N) is 1. The predicted molar refractivity (Wildman–Crippen MR) is 105 cm³/mol. The quantitative estimate of drug-likeness (QED) is 0.316. The van der Waals surface area contributed by atoms with Crippen LogP contribution >= 0.6 is 0 Å². The summed E-state index contributed by atoms with van der Waals surface area (Å²) in [5.41, 5.74) is 8.04. The van der Waals surface area contributed by atoms with Gasteiger partial charge in [0, 0.05) is 56.0 Å². The highest BCUT2D eigenvalue weighted by Gasteiger charge is 2.21. The Balaban J connectivity index is 1.62. The van der Waals surface area contributed by atoms with Crippen LogP contribution in [0.4, 0.5) is 25.8 Å². The molecule has 1 aliphatic rings. The van der Waals surface area contributed by atoms with E-state index >= 15 is 0 Å². The first-order chi connectivity index (χ1) is 13.4. The third-order valence-electron chi connectivity index (χ3n) is 4.71. The Kier molecular flexibility index (Phi) is 4.60. The van der Waals surface area contributed by atoms with Crippen molar-refractivity contribution in [2.45, 2.75) is 6.92 Å². The summed E-state index contributed by atoms with van der Waals surface area (Å²) in [6.45, 7) is 4.51. The number of rotatable bonds is 3. The first kappa shape index (κ1) is 18.2. The molecule has 0 radical (unpaired) electrons. The molecule has 146 valence electrons. The van der Waals surface area contributed by atoms with E-state index in [1.807, 2.05) is 0 Å². The summed E-state index contributed by atoms with van der Waals surface area (Å²) in [7, 11) is 0. The molecule has 0 unspecified atom stereocenters. The second kappa shape index (κ2) is 7.08. The number of piperazine rings is 1. The zero-order chi connectivity index (χ0) is 19.8. The topological polar surface area (TPSA) is 94.5 Å². The van der Waals surface area contributed by atoms with Crippen molar-refractivity contribution < 1.29 is 8.78 Å². The highest BCUT2D eigenvalue weighted by atomic mass is 19.1. The van der Waals surface area contributed by atoms with E-state index in [-0.39, 0.29) is 22.7 Å². The van der Waals surface area contributed by atoms with Gasteiger partial charge in [0.1, 0.15) is 11.7 Å². The summed E-state index contributed by atoms with van der Waals surface area (Å²) >= 11 is 0. The Labute approximate surface area is 160 Å². The van der Waals surface area contributed by atoms with E-state index in [0.717, 1.165) is 13.1 Å². The van der Waals surface area contributed by atoms with Crippen molar-refractivity contribution in [3.8, 4) is 0 Å². The molecule has 5 N–H and O–H groups in total. The van der Waals surface area contributed by atoms with Gasteiger partial charge in [0.15, 0.2) is 11.5 Å². The lowest BCUT2D eigenvalue weighted by Gasteiger charge is -2.30. The molecular formula is C19H21F2N7. The highest BCUT2D eigenvalue weighted by molar-refractivity contribution is 6.02. The van der Waals surface area contributed by atoms with Gasteiger partial charge < -0.3 is 25.7 Å². The fourth-order valence-corrected chi connectivity index (χ4v) is 3.41. The molecule has 28 heavy (non-hydrogen) atoms. The minimum Gasteiger partial charge on any atom is -0.398 e. The molecule has 0 amide bonds. The summed E-state index contributed by atoms with van der Waals surface area (Å²) in [6, 6.07) is 4.12. The summed E-state index contributed by atoms with van der Waals surface area (Å²) < 4.78 is 30.6. The van der Waals surface area contributed by atoms with Crippen molar-refractivity contribution in [3.63, 3.8) is 0 Å². The number of hydrogen-bond donors (Lipinski definition) is 4. The largest absolute Gasteiger partial charge is 0.398 e. The van der Waals surface area contributed by atoms with Gasteiger partial charge in [-0.05, 0) is 19.1 Å². The number of benzene rings is 1. The maximum absolute atomic E-state index is 14.8. The lowest BCUT2D eigenvalue weighted by molar-refractivity contribution is 0.355. The smallest absolute Gasteiger partial charge is 0.173 e. The number of anilines is 3. The van der Waals surface area contributed by atoms with Crippen molar-refractivity contribution in [1.29, 1.82) is 5.41 Å². The van der Waals surface area contributed by atoms with Crippen LogP contribution in [0.3, 0.4) is 0 Å². The first-order valence-electron chi connectivity index (χ1n) is 8.98. The number of hydrogen-bond acceptors (Lipinski definition) is 5. The molecule has 3 heterocycles. The van der Waals surface area contributed by atoms with E-state index in [4.69, 9.17) is 11.1 Å². The van der Waals surface area contributed by atoms with Gasteiger partial charge in [0.25, 0.3) is 0 Å². The van der Waals surface area contributed by atoms with E-state index in [1.165, 1.54) is 12.1 Å². The van der Waals surface area contributed by atoms with Crippen molar-refractivity contribution in [3.05, 3.63) is 53.5 Å². The predicted octanol–water partition coefficient (Wildman–Crippen LogP) is 2.48. The molecule has 9 heteroatoms. The second-order valence-electron chi connectivity index (χ2n) is 6.82. The average Bonchev–Trinajstić information content (AvgIpc) is 3.02. The van der Waals surface area contributed by atoms with Gasteiger partial charge in [-0.3, -0.25) is 5.41 Å². The number of nitrogen functional groups attached to an aromatic ring is 1. The molecule has 0 spiro atoms. The number of amidine groups is 1. The van der Waals surface area contributed by atoms with Gasteiger partial charge in [-0.2, -0.15) is 0 Å². The molecule has 1 aromatic carbocycles. The molecular weight excluding hydrogens is 364 g/mol. The molecule has 0 saturated carbocycles. The van der Waals surface area contributed by atoms with Crippen LogP contribution in [0.15, 0.2) is 30.6 Å². The maximum atomic E-state index is 14.8. The Morgan fingerprint density at radius 3 is 2.57 bits per heavy atom. The number of aromatic nitrogens is 2. The van der Waals surface area contributed by atoms with Crippen LogP contribution in [-0.4, -0.2) is 46.3 Å². The molecule has 1 aliphatic heterocycles.